The predicted molar refractivity (Wildman–Crippen MR) is 176 cm³/mol. The summed E-state index contributed by atoms with van der Waals surface area (Å²) in [5, 5.41) is 9.79. The number of hydrogen-bond donors (Lipinski definition) is 2. The van der Waals surface area contributed by atoms with Gasteiger partial charge >= 0.3 is 0 Å². The summed E-state index contributed by atoms with van der Waals surface area (Å²) in [6.07, 6.45) is 4.00. The Morgan fingerprint density at radius 2 is 1.62 bits per heavy atom. The number of morpholine rings is 1. The number of amides is 2. The molecule has 2 saturated heterocycles. The lowest BCUT2D eigenvalue weighted by molar-refractivity contribution is -0.134. The minimum atomic E-state index is -0.961. The van der Waals surface area contributed by atoms with Gasteiger partial charge in [0.25, 0.3) is 5.91 Å². The normalized spacial score (nSPS) is 19.7. The monoisotopic (exact) mass is 659 g/mol. The largest absolute Gasteiger partial charge is 0.379 e. The number of nitrogens with zero attached hydrogens (tertiary/aromatic N) is 3. The molecule has 2 aromatic heterocycles. The average molecular weight is 660 g/mol. The van der Waals surface area contributed by atoms with Gasteiger partial charge in [-0.1, -0.05) is 49.3 Å². The summed E-state index contributed by atoms with van der Waals surface area (Å²) < 4.78 is 16.3. The number of ketones is 2. The molecule has 5 rings (SSSR count). The zero-order valence-electron chi connectivity index (χ0n) is 27.9. The first-order valence-corrected chi connectivity index (χ1v) is 16.6. The third-order valence-electron chi connectivity index (χ3n) is 8.74. The van der Waals surface area contributed by atoms with Crippen LogP contribution in [-0.2, 0) is 43.2 Å². The van der Waals surface area contributed by atoms with Crippen LogP contribution in [0.25, 0.3) is 0 Å². The maximum absolute atomic E-state index is 14.1. The average Bonchev–Trinajstić information content (AvgIpc) is 3.66. The highest BCUT2D eigenvalue weighted by molar-refractivity contribution is 5.99. The van der Waals surface area contributed by atoms with E-state index in [-0.39, 0.29) is 42.4 Å². The van der Waals surface area contributed by atoms with Gasteiger partial charge in [0.1, 0.15) is 5.60 Å². The molecule has 4 heterocycles. The molecule has 3 aromatic rings. The van der Waals surface area contributed by atoms with Gasteiger partial charge in [0.05, 0.1) is 38.4 Å². The van der Waals surface area contributed by atoms with E-state index in [0.29, 0.717) is 38.5 Å². The number of epoxide rings is 1. The summed E-state index contributed by atoms with van der Waals surface area (Å²) in [7, 11) is 0. The molecule has 0 aliphatic carbocycles. The van der Waals surface area contributed by atoms with Crippen LogP contribution in [0, 0.1) is 11.8 Å². The Labute approximate surface area is 280 Å². The minimum Gasteiger partial charge on any atom is -0.379 e. The molecule has 48 heavy (non-hydrogen) atoms. The smallest absolute Gasteiger partial charge is 0.274 e. The van der Waals surface area contributed by atoms with Gasteiger partial charge in [0.15, 0.2) is 23.0 Å². The Balaban J connectivity index is 1.33. The predicted octanol–water partition coefficient (Wildman–Crippen LogP) is 2.95. The number of rotatable bonds is 17. The quantitative estimate of drug-likeness (QED) is 0.207. The molecule has 2 fully saturated rings. The van der Waals surface area contributed by atoms with Gasteiger partial charge in [0, 0.05) is 43.9 Å². The molecule has 2 amide bonds. The number of nitrogens with one attached hydrogen (secondary N) is 2. The zero-order valence-corrected chi connectivity index (χ0v) is 27.9. The van der Waals surface area contributed by atoms with Crippen LogP contribution < -0.4 is 10.6 Å². The number of ether oxygens (including phenoxy) is 2. The van der Waals surface area contributed by atoms with Crippen molar-refractivity contribution in [3.8, 4) is 0 Å². The van der Waals surface area contributed by atoms with Gasteiger partial charge in [-0.25, -0.2) is 0 Å². The number of carbonyl (C=O) groups excluding carboxylic acids is 4. The lowest BCUT2D eigenvalue weighted by atomic mass is 9.88. The number of carbonyl (C=O) groups is 4. The van der Waals surface area contributed by atoms with Crippen LogP contribution in [0.2, 0.25) is 0 Å². The van der Waals surface area contributed by atoms with E-state index in [1.165, 1.54) is 0 Å². The van der Waals surface area contributed by atoms with Crippen LogP contribution in [0.5, 0.6) is 0 Å². The summed E-state index contributed by atoms with van der Waals surface area (Å²) >= 11 is 0. The Morgan fingerprint density at radius 3 is 2.29 bits per heavy atom. The van der Waals surface area contributed by atoms with Crippen LogP contribution in [-0.4, -0.2) is 89.0 Å². The van der Waals surface area contributed by atoms with Gasteiger partial charge in [-0.2, -0.15) is 0 Å². The van der Waals surface area contributed by atoms with Crippen LogP contribution in [0.15, 0.2) is 65.4 Å². The molecular weight excluding hydrogens is 614 g/mol. The fourth-order valence-corrected chi connectivity index (χ4v) is 5.86. The van der Waals surface area contributed by atoms with Gasteiger partial charge in [-0.05, 0) is 55.4 Å². The third kappa shape index (κ3) is 9.88. The highest BCUT2D eigenvalue weighted by Gasteiger charge is 2.50. The lowest BCUT2D eigenvalue weighted by Crippen LogP contribution is -2.50. The molecule has 2 aliphatic rings. The van der Waals surface area contributed by atoms with Gasteiger partial charge in [0.2, 0.25) is 5.91 Å². The minimum absolute atomic E-state index is 0.0650. The maximum Gasteiger partial charge on any atom is 0.274 e. The molecule has 0 unspecified atom stereocenters. The summed E-state index contributed by atoms with van der Waals surface area (Å²) in [5.41, 5.74) is 0.830. The first kappa shape index (κ1) is 35.1. The van der Waals surface area contributed by atoms with Crippen molar-refractivity contribution in [2.75, 3.05) is 32.9 Å². The molecule has 2 aliphatic heterocycles. The number of benzene rings is 1. The van der Waals surface area contributed by atoms with E-state index in [4.69, 9.17) is 14.0 Å². The Hall–Kier alpha value is -4.26. The van der Waals surface area contributed by atoms with E-state index in [1.807, 2.05) is 44.2 Å². The second kappa shape index (κ2) is 16.2. The number of aromatic nitrogens is 2. The van der Waals surface area contributed by atoms with E-state index >= 15 is 0 Å². The summed E-state index contributed by atoms with van der Waals surface area (Å²) in [6.45, 7) is 9.28. The molecule has 12 heteroatoms. The summed E-state index contributed by atoms with van der Waals surface area (Å²) in [5.74, 6) is -1.55. The molecule has 4 atom stereocenters. The summed E-state index contributed by atoms with van der Waals surface area (Å²) in [6, 6.07) is 12.9. The van der Waals surface area contributed by atoms with Crippen LogP contribution >= 0.6 is 0 Å². The van der Waals surface area contributed by atoms with Crippen molar-refractivity contribution >= 4 is 23.4 Å². The van der Waals surface area contributed by atoms with Gasteiger partial charge in [-0.3, -0.25) is 29.1 Å². The van der Waals surface area contributed by atoms with Crippen molar-refractivity contribution in [1.82, 2.24) is 25.7 Å². The van der Waals surface area contributed by atoms with Crippen molar-refractivity contribution in [1.29, 1.82) is 0 Å². The molecule has 1 aromatic carbocycles. The Kier molecular flexibility index (Phi) is 11.9. The van der Waals surface area contributed by atoms with Crippen molar-refractivity contribution < 1.29 is 33.2 Å². The fourth-order valence-electron chi connectivity index (χ4n) is 5.86. The number of hydrogen-bond acceptors (Lipinski definition) is 10. The van der Waals surface area contributed by atoms with E-state index in [9.17, 15) is 19.2 Å². The number of Topliss-reactive ketones (excluding diaryl/α,β-unsaturated/α-hetero) is 2. The molecule has 0 spiro atoms. The molecule has 0 radical (unpaired) electrons. The van der Waals surface area contributed by atoms with Crippen molar-refractivity contribution in [2.24, 2.45) is 11.8 Å². The zero-order chi connectivity index (χ0) is 34.1. The molecule has 12 nitrogen and oxygen atoms in total. The summed E-state index contributed by atoms with van der Waals surface area (Å²) in [4.78, 5) is 61.0. The van der Waals surface area contributed by atoms with Crippen molar-refractivity contribution in [3.05, 3.63) is 83.5 Å². The first-order chi connectivity index (χ1) is 23.1. The van der Waals surface area contributed by atoms with Crippen LogP contribution in [0.3, 0.4) is 0 Å². The topological polar surface area (TPSA) is 156 Å². The fraction of sp³-hybridized carbons (Fsp3) is 0.500. The van der Waals surface area contributed by atoms with Crippen molar-refractivity contribution in [2.45, 2.75) is 70.7 Å². The van der Waals surface area contributed by atoms with Crippen LogP contribution in [0.1, 0.15) is 61.0 Å². The first-order valence-electron chi connectivity index (χ1n) is 16.6. The SMILES string of the molecule is CC(C)C[C@H](NC(=O)[C@@H](CC(=O)[C@H](Cc1ccncc1)NC(=O)c1cc(CN2CCOCC2)on1)Cc1ccccc1)C(=O)[C@@]1(C)CO1. The second-order valence-electron chi connectivity index (χ2n) is 13.3. The van der Waals surface area contributed by atoms with E-state index in [2.05, 4.69) is 25.7 Å². The molecular formula is C36H45N5O7. The Bertz CT molecular complexity index is 1530. The standard InChI is InChI=1S/C36H45N5O7/c1-24(2)17-30(33(43)36(3)23-47-36)39-34(44)27(18-25-7-5-4-6-8-25)20-32(42)29(19-26-9-11-37-12-10-26)38-35(45)31-21-28(48-40-31)22-41-13-15-46-16-14-41/h4-12,21,24,27,29-30H,13-20,22-23H2,1-3H3,(H,38,45)(H,39,44)/t27-,29+,30+,36-/m1/s1. The molecule has 0 bridgehead atoms. The maximum atomic E-state index is 14.1. The molecule has 2 N–H and O–H groups in total. The Morgan fingerprint density at radius 1 is 0.938 bits per heavy atom. The molecule has 0 saturated carbocycles. The highest BCUT2D eigenvalue weighted by atomic mass is 16.6. The van der Waals surface area contributed by atoms with Gasteiger partial charge in [-0.15, -0.1) is 0 Å². The molecule has 256 valence electrons. The number of pyridine rings is 1. The van der Waals surface area contributed by atoms with Gasteiger partial charge < -0.3 is 24.6 Å². The van der Waals surface area contributed by atoms with E-state index in [1.54, 1.807) is 37.5 Å². The second-order valence-corrected chi connectivity index (χ2v) is 13.3. The van der Waals surface area contributed by atoms with Crippen LogP contribution in [0.4, 0.5) is 0 Å². The highest BCUT2D eigenvalue weighted by Crippen LogP contribution is 2.30. The third-order valence-corrected chi connectivity index (χ3v) is 8.74. The van der Waals surface area contributed by atoms with E-state index in [0.717, 1.165) is 24.2 Å². The lowest BCUT2D eigenvalue weighted by Gasteiger charge is -2.25. The van der Waals surface area contributed by atoms with Crippen molar-refractivity contribution in [3.63, 3.8) is 0 Å². The van der Waals surface area contributed by atoms with E-state index < -0.39 is 35.4 Å².